The predicted octanol–water partition coefficient (Wildman–Crippen LogP) is 0.0462. The molecule has 4 N–H and O–H groups in total. The third kappa shape index (κ3) is 5.81. The summed E-state index contributed by atoms with van der Waals surface area (Å²) in [5.74, 6) is -2.16. The first-order valence-electron chi connectivity index (χ1n) is 10.8. The van der Waals surface area contributed by atoms with E-state index in [2.05, 4.69) is 16.0 Å². The third-order valence-corrected chi connectivity index (χ3v) is 5.84. The van der Waals surface area contributed by atoms with Crippen molar-refractivity contribution in [2.45, 2.75) is 63.2 Å². The Kier molecular flexibility index (Phi) is 7.62. The van der Waals surface area contributed by atoms with Crippen LogP contribution in [0.15, 0.2) is 30.3 Å². The second-order valence-electron chi connectivity index (χ2n) is 8.16. The summed E-state index contributed by atoms with van der Waals surface area (Å²) in [6.45, 7) is 2.79. The van der Waals surface area contributed by atoms with Crippen LogP contribution in [0.4, 0.5) is 0 Å². The maximum Gasteiger partial charge on any atom is 0.326 e. The van der Waals surface area contributed by atoms with Crippen LogP contribution in [-0.4, -0.2) is 71.0 Å². The minimum atomic E-state index is -1.13. The monoisotopic (exact) mass is 430 g/mol. The zero-order chi connectivity index (χ0) is 22.4. The SMILES string of the molecule is CC(NC(=O)C1CCCN1)C(=O)N1CCCC1C(=O)NC(Cc1ccccc1)C(=O)O. The predicted molar refractivity (Wildman–Crippen MR) is 113 cm³/mol. The van der Waals surface area contributed by atoms with E-state index in [-0.39, 0.29) is 24.3 Å². The molecule has 3 amide bonds. The summed E-state index contributed by atoms with van der Waals surface area (Å²) in [6.07, 6.45) is 2.91. The van der Waals surface area contributed by atoms with Gasteiger partial charge < -0.3 is 26.0 Å². The fraction of sp³-hybridized carbons (Fsp3) is 0.545. The van der Waals surface area contributed by atoms with Crippen LogP contribution < -0.4 is 16.0 Å². The minimum Gasteiger partial charge on any atom is -0.480 e. The van der Waals surface area contributed by atoms with E-state index in [9.17, 15) is 24.3 Å². The second kappa shape index (κ2) is 10.4. The molecule has 9 heteroatoms. The summed E-state index contributed by atoms with van der Waals surface area (Å²) < 4.78 is 0. The molecule has 0 aliphatic carbocycles. The molecule has 2 aliphatic heterocycles. The number of likely N-dealkylation sites (tertiary alicyclic amines) is 1. The standard InChI is InChI=1S/C22H30N4O5/c1-14(24-19(27)16-9-5-11-23-16)21(29)26-12-6-10-18(26)20(28)25-17(22(30)31)13-15-7-3-2-4-8-15/h2-4,7-8,14,16-18,23H,5-6,9-13H2,1H3,(H,24,27)(H,25,28)(H,30,31). The first-order chi connectivity index (χ1) is 14.9. The van der Waals surface area contributed by atoms with E-state index < -0.39 is 30.0 Å². The number of nitrogens with zero attached hydrogens (tertiary/aromatic N) is 1. The summed E-state index contributed by atoms with van der Waals surface area (Å²) in [5.41, 5.74) is 0.798. The number of rotatable bonds is 8. The highest BCUT2D eigenvalue weighted by Crippen LogP contribution is 2.19. The van der Waals surface area contributed by atoms with Crippen LogP contribution in [0.2, 0.25) is 0 Å². The van der Waals surface area contributed by atoms with Crippen LogP contribution >= 0.6 is 0 Å². The summed E-state index contributed by atoms with van der Waals surface area (Å²) in [6, 6.07) is 6.18. The summed E-state index contributed by atoms with van der Waals surface area (Å²) in [4.78, 5) is 51.2. The quantitative estimate of drug-likeness (QED) is 0.461. The molecular formula is C22H30N4O5. The molecule has 1 aromatic carbocycles. The van der Waals surface area contributed by atoms with Gasteiger partial charge in [0.1, 0.15) is 18.1 Å². The number of carbonyl (C=O) groups is 4. The number of benzene rings is 1. The smallest absolute Gasteiger partial charge is 0.326 e. The molecule has 9 nitrogen and oxygen atoms in total. The highest BCUT2D eigenvalue weighted by molar-refractivity contribution is 5.94. The average molecular weight is 431 g/mol. The van der Waals surface area contributed by atoms with Crippen molar-refractivity contribution >= 4 is 23.7 Å². The molecule has 2 saturated heterocycles. The Balaban J connectivity index is 1.59. The molecule has 2 heterocycles. The summed E-state index contributed by atoms with van der Waals surface area (Å²) in [7, 11) is 0. The Morgan fingerprint density at radius 1 is 1.10 bits per heavy atom. The molecular weight excluding hydrogens is 400 g/mol. The summed E-state index contributed by atoms with van der Waals surface area (Å²) >= 11 is 0. The second-order valence-corrected chi connectivity index (χ2v) is 8.16. The topological polar surface area (TPSA) is 128 Å². The molecule has 31 heavy (non-hydrogen) atoms. The van der Waals surface area contributed by atoms with Gasteiger partial charge in [0.05, 0.1) is 6.04 Å². The lowest BCUT2D eigenvalue weighted by atomic mass is 10.1. The van der Waals surface area contributed by atoms with Crippen molar-refractivity contribution in [2.24, 2.45) is 0 Å². The van der Waals surface area contributed by atoms with Crippen molar-refractivity contribution in [1.82, 2.24) is 20.9 Å². The number of carboxylic acid groups (broad SMARTS) is 1. The van der Waals surface area contributed by atoms with Gasteiger partial charge in [-0.05, 0) is 44.7 Å². The lowest BCUT2D eigenvalue weighted by Crippen LogP contribution is -2.56. The number of aliphatic carboxylic acids is 1. The van der Waals surface area contributed by atoms with Crippen molar-refractivity contribution in [3.8, 4) is 0 Å². The van der Waals surface area contributed by atoms with Gasteiger partial charge in [0.25, 0.3) is 0 Å². The normalized spacial score (nSPS) is 22.5. The number of hydrogen-bond acceptors (Lipinski definition) is 5. The Morgan fingerprint density at radius 3 is 2.48 bits per heavy atom. The average Bonchev–Trinajstić information content (AvgIpc) is 3.45. The first-order valence-corrected chi connectivity index (χ1v) is 10.8. The Labute approximate surface area is 181 Å². The molecule has 1 aromatic rings. The molecule has 3 rings (SSSR count). The number of amides is 3. The maximum absolute atomic E-state index is 12.9. The zero-order valence-electron chi connectivity index (χ0n) is 17.7. The van der Waals surface area contributed by atoms with Crippen molar-refractivity contribution in [2.75, 3.05) is 13.1 Å². The molecule has 168 valence electrons. The van der Waals surface area contributed by atoms with Gasteiger partial charge in [-0.15, -0.1) is 0 Å². The lowest BCUT2D eigenvalue weighted by Gasteiger charge is -2.28. The van der Waals surface area contributed by atoms with Crippen molar-refractivity contribution in [3.63, 3.8) is 0 Å². The fourth-order valence-corrected chi connectivity index (χ4v) is 4.15. The van der Waals surface area contributed by atoms with E-state index in [0.29, 0.717) is 19.4 Å². The van der Waals surface area contributed by atoms with E-state index in [1.54, 1.807) is 19.1 Å². The number of carboxylic acids is 1. The van der Waals surface area contributed by atoms with Crippen LogP contribution in [0.5, 0.6) is 0 Å². The van der Waals surface area contributed by atoms with Gasteiger partial charge in [0.2, 0.25) is 17.7 Å². The number of carbonyl (C=O) groups excluding carboxylic acids is 3. The van der Waals surface area contributed by atoms with E-state index in [1.807, 2.05) is 18.2 Å². The van der Waals surface area contributed by atoms with Crippen LogP contribution in [0, 0.1) is 0 Å². The highest BCUT2D eigenvalue weighted by Gasteiger charge is 2.38. The van der Waals surface area contributed by atoms with Crippen molar-refractivity contribution in [1.29, 1.82) is 0 Å². The van der Waals surface area contributed by atoms with Gasteiger partial charge in [-0.1, -0.05) is 30.3 Å². The molecule has 2 fully saturated rings. The van der Waals surface area contributed by atoms with Gasteiger partial charge in [-0.3, -0.25) is 14.4 Å². The van der Waals surface area contributed by atoms with Crippen LogP contribution in [0.3, 0.4) is 0 Å². The number of nitrogens with one attached hydrogen (secondary N) is 3. The van der Waals surface area contributed by atoms with Gasteiger partial charge in [-0.25, -0.2) is 4.79 Å². The Bertz CT molecular complexity index is 809. The largest absolute Gasteiger partial charge is 0.480 e. The molecule has 2 aliphatic rings. The van der Waals surface area contributed by atoms with Crippen molar-refractivity contribution in [3.05, 3.63) is 35.9 Å². The Morgan fingerprint density at radius 2 is 1.84 bits per heavy atom. The van der Waals surface area contributed by atoms with Gasteiger partial charge in [0, 0.05) is 13.0 Å². The lowest BCUT2D eigenvalue weighted by molar-refractivity contribution is -0.144. The fourth-order valence-electron chi connectivity index (χ4n) is 4.15. The molecule has 0 aromatic heterocycles. The zero-order valence-corrected chi connectivity index (χ0v) is 17.7. The van der Waals surface area contributed by atoms with Crippen LogP contribution in [-0.2, 0) is 25.6 Å². The van der Waals surface area contributed by atoms with Crippen molar-refractivity contribution < 1.29 is 24.3 Å². The van der Waals surface area contributed by atoms with Crippen LogP contribution in [0.25, 0.3) is 0 Å². The molecule has 4 unspecified atom stereocenters. The number of hydrogen-bond donors (Lipinski definition) is 4. The molecule has 0 bridgehead atoms. The molecule has 0 saturated carbocycles. The third-order valence-electron chi connectivity index (χ3n) is 5.84. The van der Waals surface area contributed by atoms with Gasteiger partial charge >= 0.3 is 5.97 Å². The van der Waals surface area contributed by atoms with E-state index >= 15 is 0 Å². The molecule has 4 atom stereocenters. The van der Waals surface area contributed by atoms with E-state index in [4.69, 9.17) is 0 Å². The molecule has 0 spiro atoms. The Hall–Kier alpha value is -2.94. The van der Waals surface area contributed by atoms with E-state index in [1.165, 1.54) is 4.90 Å². The van der Waals surface area contributed by atoms with Crippen LogP contribution in [0.1, 0.15) is 38.2 Å². The van der Waals surface area contributed by atoms with E-state index in [0.717, 1.165) is 24.9 Å². The highest BCUT2D eigenvalue weighted by atomic mass is 16.4. The van der Waals surface area contributed by atoms with Gasteiger partial charge in [0.15, 0.2) is 0 Å². The molecule has 0 radical (unpaired) electrons. The maximum atomic E-state index is 12.9. The minimum absolute atomic E-state index is 0.156. The first kappa shape index (κ1) is 22.7. The summed E-state index contributed by atoms with van der Waals surface area (Å²) in [5, 5.41) is 18.0. The van der Waals surface area contributed by atoms with Gasteiger partial charge in [-0.2, -0.15) is 0 Å².